The summed E-state index contributed by atoms with van der Waals surface area (Å²) in [6.07, 6.45) is 2.55. The van der Waals surface area contributed by atoms with Gasteiger partial charge in [-0.2, -0.15) is 0 Å². The summed E-state index contributed by atoms with van der Waals surface area (Å²) in [5.74, 6) is -0.263. The molecule has 0 atom stereocenters. The van der Waals surface area contributed by atoms with Crippen molar-refractivity contribution >= 4 is 11.6 Å². The molecule has 1 aliphatic rings. The molecular formula is C16H15ClFN. The van der Waals surface area contributed by atoms with Gasteiger partial charge in [-0.05, 0) is 48.2 Å². The van der Waals surface area contributed by atoms with Crippen LogP contribution < -0.4 is 5.32 Å². The topological polar surface area (TPSA) is 12.0 Å². The maximum Gasteiger partial charge on any atom is 0.123 e. The first-order chi connectivity index (χ1) is 9.22. The molecule has 1 saturated carbocycles. The zero-order chi connectivity index (χ0) is 13.2. The van der Waals surface area contributed by atoms with Crippen molar-refractivity contribution in [3.63, 3.8) is 0 Å². The van der Waals surface area contributed by atoms with Gasteiger partial charge in [0.25, 0.3) is 0 Å². The first kappa shape index (κ1) is 12.6. The van der Waals surface area contributed by atoms with Crippen molar-refractivity contribution < 1.29 is 4.39 Å². The summed E-state index contributed by atoms with van der Waals surface area (Å²) in [5.41, 5.74) is 2.90. The second-order valence-electron chi connectivity index (χ2n) is 4.98. The first-order valence-corrected chi connectivity index (χ1v) is 6.88. The van der Waals surface area contributed by atoms with Crippen molar-refractivity contribution in [3.8, 4) is 11.1 Å². The van der Waals surface area contributed by atoms with Crippen LogP contribution in [0.4, 0.5) is 4.39 Å². The molecular weight excluding hydrogens is 261 g/mol. The molecule has 0 saturated heterocycles. The Hall–Kier alpha value is -1.38. The normalized spacial score (nSPS) is 14.6. The van der Waals surface area contributed by atoms with E-state index in [9.17, 15) is 4.39 Å². The number of hydrogen-bond acceptors (Lipinski definition) is 1. The van der Waals surface area contributed by atoms with E-state index in [0.717, 1.165) is 17.7 Å². The largest absolute Gasteiger partial charge is 0.310 e. The fourth-order valence-electron chi connectivity index (χ4n) is 2.12. The summed E-state index contributed by atoms with van der Waals surface area (Å²) in [5, 5.41) is 4.05. The molecule has 3 heteroatoms. The van der Waals surface area contributed by atoms with Crippen LogP contribution >= 0.6 is 11.6 Å². The van der Waals surface area contributed by atoms with Crippen molar-refractivity contribution in [2.75, 3.05) is 0 Å². The van der Waals surface area contributed by atoms with E-state index in [1.165, 1.54) is 30.5 Å². The maximum absolute atomic E-state index is 13.3. The number of nitrogens with one attached hydrogen (secondary N) is 1. The lowest BCUT2D eigenvalue weighted by molar-refractivity contribution is 0.628. The molecule has 1 fully saturated rings. The molecule has 0 heterocycles. The molecule has 0 radical (unpaired) electrons. The highest BCUT2D eigenvalue weighted by Gasteiger charge is 2.19. The summed E-state index contributed by atoms with van der Waals surface area (Å²) in [7, 11) is 0. The molecule has 1 N–H and O–H groups in total. The Bertz CT molecular complexity index is 593. The smallest absolute Gasteiger partial charge is 0.123 e. The molecule has 98 valence electrons. The zero-order valence-corrected chi connectivity index (χ0v) is 11.3. The molecule has 2 aromatic carbocycles. The average Bonchev–Trinajstić information content (AvgIpc) is 3.24. The lowest BCUT2D eigenvalue weighted by Gasteiger charge is -2.08. The molecule has 1 aliphatic carbocycles. The van der Waals surface area contributed by atoms with Crippen LogP contribution in [0.5, 0.6) is 0 Å². The number of rotatable bonds is 4. The van der Waals surface area contributed by atoms with E-state index in [-0.39, 0.29) is 5.82 Å². The van der Waals surface area contributed by atoms with Gasteiger partial charge in [-0.1, -0.05) is 29.8 Å². The lowest BCUT2D eigenvalue weighted by atomic mass is 10.0. The SMILES string of the molecule is Fc1ccc(Cl)c(-c2cccc(CNC3CC3)c2)c1. The fraction of sp³-hybridized carbons (Fsp3) is 0.250. The summed E-state index contributed by atoms with van der Waals surface area (Å²) in [6, 6.07) is 13.2. The minimum atomic E-state index is -0.263. The van der Waals surface area contributed by atoms with Gasteiger partial charge in [0.15, 0.2) is 0 Å². The van der Waals surface area contributed by atoms with Crippen molar-refractivity contribution in [1.29, 1.82) is 0 Å². The molecule has 2 aromatic rings. The van der Waals surface area contributed by atoms with Gasteiger partial charge in [0.2, 0.25) is 0 Å². The molecule has 0 bridgehead atoms. The number of halogens is 2. The minimum Gasteiger partial charge on any atom is -0.310 e. The molecule has 0 spiro atoms. The maximum atomic E-state index is 13.3. The van der Waals surface area contributed by atoms with Crippen LogP contribution in [0.3, 0.4) is 0 Å². The van der Waals surface area contributed by atoms with Crippen molar-refractivity contribution in [2.45, 2.75) is 25.4 Å². The monoisotopic (exact) mass is 275 g/mol. The molecule has 0 aromatic heterocycles. The van der Waals surface area contributed by atoms with E-state index in [1.54, 1.807) is 6.07 Å². The standard InChI is InChI=1S/C16H15ClFN/c17-16-7-4-13(18)9-15(16)12-3-1-2-11(8-12)10-19-14-5-6-14/h1-4,7-9,14,19H,5-6,10H2. The van der Waals surface area contributed by atoms with Gasteiger partial charge in [0, 0.05) is 23.2 Å². The van der Waals surface area contributed by atoms with Crippen molar-refractivity contribution in [1.82, 2.24) is 5.32 Å². The van der Waals surface area contributed by atoms with Crippen LogP contribution in [0.25, 0.3) is 11.1 Å². The molecule has 19 heavy (non-hydrogen) atoms. The predicted molar refractivity (Wildman–Crippen MR) is 76.7 cm³/mol. The second-order valence-corrected chi connectivity index (χ2v) is 5.39. The van der Waals surface area contributed by atoms with Gasteiger partial charge >= 0.3 is 0 Å². The third-order valence-electron chi connectivity index (χ3n) is 3.34. The Morgan fingerprint density at radius 1 is 1.16 bits per heavy atom. The molecule has 0 aliphatic heterocycles. The van der Waals surface area contributed by atoms with E-state index in [1.807, 2.05) is 12.1 Å². The Morgan fingerprint density at radius 3 is 2.79 bits per heavy atom. The molecule has 0 unspecified atom stereocenters. The lowest BCUT2D eigenvalue weighted by Crippen LogP contribution is -2.15. The Balaban J connectivity index is 1.86. The van der Waals surface area contributed by atoms with E-state index in [2.05, 4.69) is 17.4 Å². The number of hydrogen-bond donors (Lipinski definition) is 1. The van der Waals surface area contributed by atoms with Gasteiger partial charge in [-0.3, -0.25) is 0 Å². The van der Waals surface area contributed by atoms with E-state index in [0.29, 0.717) is 11.1 Å². The summed E-state index contributed by atoms with van der Waals surface area (Å²) in [4.78, 5) is 0. The zero-order valence-electron chi connectivity index (χ0n) is 10.5. The van der Waals surface area contributed by atoms with Crippen molar-refractivity contribution in [2.24, 2.45) is 0 Å². The van der Waals surface area contributed by atoms with Gasteiger partial charge in [-0.25, -0.2) is 4.39 Å². The first-order valence-electron chi connectivity index (χ1n) is 6.50. The Morgan fingerprint density at radius 2 is 2.00 bits per heavy atom. The highest BCUT2D eigenvalue weighted by atomic mass is 35.5. The van der Waals surface area contributed by atoms with E-state index in [4.69, 9.17) is 11.6 Å². The van der Waals surface area contributed by atoms with Gasteiger partial charge in [0.1, 0.15) is 5.82 Å². The minimum absolute atomic E-state index is 0.263. The summed E-state index contributed by atoms with van der Waals surface area (Å²) in [6.45, 7) is 0.853. The summed E-state index contributed by atoms with van der Waals surface area (Å²) < 4.78 is 13.3. The van der Waals surface area contributed by atoms with Gasteiger partial charge < -0.3 is 5.32 Å². The number of benzene rings is 2. The van der Waals surface area contributed by atoms with E-state index < -0.39 is 0 Å². The Labute approximate surface area is 117 Å². The third-order valence-corrected chi connectivity index (χ3v) is 3.67. The van der Waals surface area contributed by atoms with Crippen LogP contribution in [0.1, 0.15) is 18.4 Å². The third kappa shape index (κ3) is 3.14. The van der Waals surface area contributed by atoms with Crippen LogP contribution in [-0.2, 0) is 6.54 Å². The highest BCUT2D eigenvalue weighted by molar-refractivity contribution is 6.33. The fourth-order valence-corrected chi connectivity index (χ4v) is 2.34. The Kier molecular flexibility index (Phi) is 3.54. The van der Waals surface area contributed by atoms with Crippen molar-refractivity contribution in [3.05, 3.63) is 58.9 Å². The average molecular weight is 276 g/mol. The quantitative estimate of drug-likeness (QED) is 0.872. The molecule has 3 rings (SSSR count). The highest BCUT2D eigenvalue weighted by Crippen LogP contribution is 2.29. The molecule has 0 amide bonds. The van der Waals surface area contributed by atoms with Gasteiger partial charge in [0.05, 0.1) is 0 Å². The van der Waals surface area contributed by atoms with E-state index >= 15 is 0 Å². The van der Waals surface area contributed by atoms with Crippen LogP contribution in [0.2, 0.25) is 5.02 Å². The summed E-state index contributed by atoms with van der Waals surface area (Å²) >= 11 is 6.14. The predicted octanol–water partition coefficient (Wildman–Crippen LogP) is 4.40. The van der Waals surface area contributed by atoms with Crippen LogP contribution in [0, 0.1) is 5.82 Å². The second kappa shape index (κ2) is 5.32. The molecule has 1 nitrogen and oxygen atoms in total. The van der Waals surface area contributed by atoms with Crippen LogP contribution in [-0.4, -0.2) is 6.04 Å². The van der Waals surface area contributed by atoms with Crippen LogP contribution in [0.15, 0.2) is 42.5 Å². The van der Waals surface area contributed by atoms with Gasteiger partial charge in [-0.15, -0.1) is 0 Å².